The van der Waals surface area contributed by atoms with Gasteiger partial charge in [0.05, 0.1) is 11.7 Å². The largest absolute Gasteiger partial charge is 0.299 e. The van der Waals surface area contributed by atoms with Crippen LogP contribution >= 0.6 is 0 Å². The van der Waals surface area contributed by atoms with Crippen molar-refractivity contribution in [3.63, 3.8) is 0 Å². The summed E-state index contributed by atoms with van der Waals surface area (Å²) in [5.41, 5.74) is 3.22. The molecule has 1 aliphatic rings. The summed E-state index contributed by atoms with van der Waals surface area (Å²) in [4.78, 5) is 2.34. The number of aromatic amines is 1. The summed E-state index contributed by atoms with van der Waals surface area (Å²) < 4.78 is 26.5. The Morgan fingerprint density at radius 1 is 1.08 bits per heavy atom. The topological polar surface area (TPSA) is 31.9 Å². The van der Waals surface area contributed by atoms with Crippen LogP contribution in [0.25, 0.3) is 10.9 Å². The van der Waals surface area contributed by atoms with Crippen molar-refractivity contribution < 1.29 is 8.78 Å². The highest BCUT2D eigenvalue weighted by atomic mass is 19.2. The van der Waals surface area contributed by atoms with E-state index >= 15 is 0 Å². The maximum absolute atomic E-state index is 13.4. The van der Waals surface area contributed by atoms with Gasteiger partial charge in [-0.2, -0.15) is 5.10 Å². The van der Waals surface area contributed by atoms with Crippen LogP contribution in [0.2, 0.25) is 0 Å². The molecule has 3 nitrogen and oxygen atoms in total. The Kier molecular flexibility index (Phi) is 4.49. The molecular formula is C20H21F2N3. The standard InChI is InChI=1S/C20H21F2N3/c21-18-5-3-16(10-19(18)22)13-25-7-1-2-15(12-25)8-14-4-6-20-17(9-14)11-23-24-20/h3-6,9-11,15H,1-2,7-8,12-13H2,(H,23,24)/t15-/m1/s1. The van der Waals surface area contributed by atoms with Crippen LogP contribution in [0.3, 0.4) is 0 Å². The van der Waals surface area contributed by atoms with E-state index in [0.29, 0.717) is 12.5 Å². The van der Waals surface area contributed by atoms with Gasteiger partial charge in [-0.1, -0.05) is 12.1 Å². The first-order valence-corrected chi connectivity index (χ1v) is 8.76. The second-order valence-electron chi connectivity index (χ2n) is 6.99. The van der Waals surface area contributed by atoms with Crippen LogP contribution in [0.4, 0.5) is 8.78 Å². The van der Waals surface area contributed by atoms with Crippen LogP contribution in [0.1, 0.15) is 24.0 Å². The Morgan fingerprint density at radius 2 is 1.96 bits per heavy atom. The van der Waals surface area contributed by atoms with Crippen molar-refractivity contribution in [3.05, 3.63) is 65.4 Å². The molecule has 1 atom stereocenters. The normalized spacial score (nSPS) is 18.7. The number of hydrogen-bond donors (Lipinski definition) is 1. The average Bonchev–Trinajstić information content (AvgIpc) is 3.06. The van der Waals surface area contributed by atoms with Crippen molar-refractivity contribution >= 4 is 10.9 Å². The quantitative estimate of drug-likeness (QED) is 0.767. The van der Waals surface area contributed by atoms with E-state index in [0.717, 1.165) is 42.4 Å². The number of rotatable bonds is 4. The van der Waals surface area contributed by atoms with E-state index in [1.54, 1.807) is 6.07 Å². The zero-order valence-electron chi connectivity index (χ0n) is 14.0. The van der Waals surface area contributed by atoms with Gasteiger partial charge in [0.1, 0.15) is 0 Å². The number of fused-ring (bicyclic) bond motifs is 1. The summed E-state index contributed by atoms with van der Waals surface area (Å²) in [5.74, 6) is -0.960. The Hall–Kier alpha value is -2.27. The lowest BCUT2D eigenvalue weighted by Crippen LogP contribution is -2.35. The van der Waals surface area contributed by atoms with Crippen molar-refractivity contribution in [3.8, 4) is 0 Å². The van der Waals surface area contributed by atoms with Crippen LogP contribution in [0, 0.1) is 17.6 Å². The summed E-state index contributed by atoms with van der Waals surface area (Å²) in [6, 6.07) is 10.6. The van der Waals surface area contributed by atoms with E-state index in [9.17, 15) is 8.78 Å². The van der Waals surface area contributed by atoms with E-state index in [1.807, 2.05) is 6.20 Å². The number of hydrogen-bond acceptors (Lipinski definition) is 2. The monoisotopic (exact) mass is 341 g/mol. The zero-order chi connectivity index (χ0) is 17.2. The lowest BCUT2D eigenvalue weighted by Gasteiger charge is -2.33. The molecule has 1 saturated heterocycles. The predicted molar refractivity (Wildman–Crippen MR) is 94.2 cm³/mol. The Bertz CT molecular complexity index is 874. The SMILES string of the molecule is Fc1ccc(CN2CCC[C@H](Cc3ccc4[nH]ncc4c3)C2)cc1F. The van der Waals surface area contributed by atoms with Crippen molar-refractivity contribution in [1.82, 2.24) is 15.1 Å². The molecule has 1 N–H and O–H groups in total. The highest BCUT2D eigenvalue weighted by molar-refractivity contribution is 5.78. The van der Waals surface area contributed by atoms with Gasteiger partial charge >= 0.3 is 0 Å². The molecule has 4 rings (SSSR count). The van der Waals surface area contributed by atoms with Crippen LogP contribution in [-0.2, 0) is 13.0 Å². The number of likely N-dealkylation sites (tertiary alicyclic amines) is 1. The molecule has 1 aliphatic heterocycles. The van der Waals surface area contributed by atoms with Gasteiger partial charge in [-0.05, 0) is 67.1 Å². The third kappa shape index (κ3) is 3.71. The third-order valence-corrected chi connectivity index (χ3v) is 5.02. The molecule has 0 bridgehead atoms. The highest BCUT2D eigenvalue weighted by Crippen LogP contribution is 2.24. The molecule has 5 heteroatoms. The molecule has 0 saturated carbocycles. The predicted octanol–water partition coefficient (Wildman–Crippen LogP) is 4.30. The van der Waals surface area contributed by atoms with Gasteiger partial charge in [0, 0.05) is 18.5 Å². The van der Waals surface area contributed by atoms with Crippen molar-refractivity contribution in [2.24, 2.45) is 5.92 Å². The molecule has 0 amide bonds. The number of benzene rings is 2. The van der Waals surface area contributed by atoms with Crippen molar-refractivity contribution in [2.45, 2.75) is 25.8 Å². The number of halogens is 2. The Labute approximate surface area is 145 Å². The smallest absolute Gasteiger partial charge is 0.159 e. The molecule has 25 heavy (non-hydrogen) atoms. The van der Waals surface area contributed by atoms with E-state index < -0.39 is 11.6 Å². The molecular weight excluding hydrogens is 320 g/mol. The summed E-state index contributed by atoms with van der Waals surface area (Å²) in [7, 11) is 0. The van der Waals surface area contributed by atoms with Gasteiger partial charge in [0.2, 0.25) is 0 Å². The van der Waals surface area contributed by atoms with E-state index in [-0.39, 0.29) is 0 Å². The van der Waals surface area contributed by atoms with Gasteiger partial charge < -0.3 is 0 Å². The van der Waals surface area contributed by atoms with Crippen molar-refractivity contribution in [1.29, 1.82) is 0 Å². The summed E-state index contributed by atoms with van der Waals surface area (Å²) >= 11 is 0. The lowest BCUT2D eigenvalue weighted by molar-refractivity contribution is 0.167. The Balaban J connectivity index is 1.40. The number of nitrogens with zero attached hydrogens (tertiary/aromatic N) is 2. The molecule has 2 heterocycles. The molecule has 0 unspecified atom stereocenters. The molecule has 1 aromatic heterocycles. The van der Waals surface area contributed by atoms with Crippen LogP contribution in [0.5, 0.6) is 0 Å². The first kappa shape index (κ1) is 16.2. The van der Waals surface area contributed by atoms with Crippen LogP contribution in [-0.4, -0.2) is 28.2 Å². The maximum atomic E-state index is 13.4. The second kappa shape index (κ2) is 6.92. The number of piperidine rings is 1. The maximum Gasteiger partial charge on any atom is 0.159 e. The highest BCUT2D eigenvalue weighted by Gasteiger charge is 2.20. The van der Waals surface area contributed by atoms with Crippen LogP contribution in [0.15, 0.2) is 42.6 Å². The fourth-order valence-corrected chi connectivity index (χ4v) is 3.81. The van der Waals surface area contributed by atoms with Gasteiger partial charge in [-0.25, -0.2) is 8.78 Å². The van der Waals surface area contributed by atoms with Gasteiger partial charge in [0.15, 0.2) is 11.6 Å². The number of H-pyrrole nitrogens is 1. The minimum atomic E-state index is -0.782. The summed E-state index contributed by atoms with van der Waals surface area (Å²) in [6.07, 6.45) is 5.24. The first-order chi connectivity index (χ1) is 12.2. The molecule has 0 radical (unpaired) electrons. The average molecular weight is 341 g/mol. The molecule has 0 spiro atoms. The van der Waals surface area contributed by atoms with Crippen molar-refractivity contribution in [2.75, 3.05) is 13.1 Å². The minimum Gasteiger partial charge on any atom is -0.299 e. The number of nitrogens with one attached hydrogen (secondary N) is 1. The molecule has 130 valence electrons. The van der Waals surface area contributed by atoms with Gasteiger partial charge in [-0.15, -0.1) is 0 Å². The summed E-state index contributed by atoms with van der Waals surface area (Å²) in [5, 5.41) is 8.19. The minimum absolute atomic E-state index is 0.586. The fraction of sp³-hybridized carbons (Fsp3) is 0.350. The Morgan fingerprint density at radius 3 is 2.84 bits per heavy atom. The first-order valence-electron chi connectivity index (χ1n) is 8.76. The zero-order valence-corrected chi connectivity index (χ0v) is 14.0. The van der Waals surface area contributed by atoms with Gasteiger partial charge in [-0.3, -0.25) is 10.00 Å². The summed E-state index contributed by atoms with van der Waals surface area (Å²) in [6.45, 7) is 2.67. The number of aromatic nitrogens is 2. The second-order valence-corrected chi connectivity index (χ2v) is 6.99. The fourth-order valence-electron chi connectivity index (χ4n) is 3.81. The molecule has 0 aliphatic carbocycles. The van der Waals surface area contributed by atoms with Crippen LogP contribution < -0.4 is 0 Å². The van der Waals surface area contributed by atoms with E-state index in [4.69, 9.17) is 0 Å². The lowest BCUT2D eigenvalue weighted by atomic mass is 9.90. The van der Waals surface area contributed by atoms with E-state index in [1.165, 1.54) is 24.1 Å². The molecule has 3 aromatic rings. The van der Waals surface area contributed by atoms with E-state index in [2.05, 4.69) is 33.3 Å². The third-order valence-electron chi connectivity index (χ3n) is 5.02. The van der Waals surface area contributed by atoms with Gasteiger partial charge in [0.25, 0.3) is 0 Å². The molecule has 2 aromatic carbocycles. The molecule has 1 fully saturated rings.